The van der Waals surface area contributed by atoms with E-state index in [0.717, 1.165) is 17.5 Å². The van der Waals surface area contributed by atoms with E-state index in [4.69, 9.17) is 0 Å². The van der Waals surface area contributed by atoms with Gasteiger partial charge in [-0.15, -0.1) is 0 Å². The average Bonchev–Trinajstić information content (AvgIpc) is 3.23. The van der Waals surface area contributed by atoms with E-state index >= 15 is 0 Å². The van der Waals surface area contributed by atoms with Crippen molar-refractivity contribution >= 4 is 27.3 Å². The van der Waals surface area contributed by atoms with Crippen molar-refractivity contribution in [2.75, 3.05) is 5.32 Å². The van der Waals surface area contributed by atoms with Crippen molar-refractivity contribution in [1.29, 1.82) is 0 Å². The third-order valence-electron chi connectivity index (χ3n) is 4.52. The first-order chi connectivity index (χ1) is 9.63. The molecule has 0 spiro atoms. The summed E-state index contributed by atoms with van der Waals surface area (Å²) in [4.78, 5) is 10.4. The molecule has 2 atom stereocenters. The Kier molecular flexibility index (Phi) is 3.96. The van der Waals surface area contributed by atoms with Crippen molar-refractivity contribution in [1.82, 2.24) is 0 Å². The van der Waals surface area contributed by atoms with E-state index < -0.39 is 0 Å². The van der Waals surface area contributed by atoms with Gasteiger partial charge in [0.25, 0.3) is 5.69 Å². The fraction of sp³-hybridized carbons (Fsp3) is 0.600. The molecule has 0 saturated heterocycles. The Morgan fingerprint density at radius 3 is 2.65 bits per heavy atom. The van der Waals surface area contributed by atoms with Crippen LogP contribution in [0.25, 0.3) is 0 Å². The van der Waals surface area contributed by atoms with Crippen LogP contribution >= 0.6 is 15.9 Å². The van der Waals surface area contributed by atoms with Crippen LogP contribution < -0.4 is 5.32 Å². The van der Waals surface area contributed by atoms with Crippen molar-refractivity contribution in [3.63, 3.8) is 0 Å². The summed E-state index contributed by atoms with van der Waals surface area (Å²) in [7, 11) is 0. The summed E-state index contributed by atoms with van der Waals surface area (Å²) in [6.07, 6.45) is 7.97. The fourth-order valence-corrected chi connectivity index (χ4v) is 3.86. The van der Waals surface area contributed by atoms with E-state index in [1.807, 2.05) is 12.1 Å². The maximum Gasteiger partial charge on any atom is 0.283 e. The minimum Gasteiger partial charge on any atom is -0.382 e. The van der Waals surface area contributed by atoms with Gasteiger partial charge in [0.05, 0.1) is 9.40 Å². The molecule has 2 saturated carbocycles. The molecule has 1 aromatic carbocycles. The minimum atomic E-state index is -0.363. The van der Waals surface area contributed by atoms with E-state index in [9.17, 15) is 10.1 Å². The highest BCUT2D eigenvalue weighted by molar-refractivity contribution is 9.10. The molecule has 0 bridgehead atoms. The molecule has 20 heavy (non-hydrogen) atoms. The van der Waals surface area contributed by atoms with Crippen LogP contribution in [0.5, 0.6) is 0 Å². The van der Waals surface area contributed by atoms with E-state index in [2.05, 4.69) is 21.2 Å². The second-order valence-electron chi connectivity index (χ2n) is 6.03. The molecule has 5 heteroatoms. The van der Waals surface area contributed by atoms with Crippen LogP contribution in [-0.2, 0) is 0 Å². The molecule has 0 radical (unpaired) electrons. The molecular weight excluding hydrogens is 320 g/mol. The van der Waals surface area contributed by atoms with Crippen molar-refractivity contribution < 1.29 is 4.92 Å². The number of nitro groups is 1. The Bertz CT molecular complexity index is 517. The third-order valence-corrected chi connectivity index (χ3v) is 5.15. The highest BCUT2D eigenvalue weighted by Gasteiger charge is 2.34. The number of hydrogen-bond donors (Lipinski definition) is 1. The number of benzene rings is 1. The zero-order valence-electron chi connectivity index (χ0n) is 11.3. The van der Waals surface area contributed by atoms with Crippen LogP contribution in [0.3, 0.4) is 0 Å². The molecule has 0 aliphatic heterocycles. The zero-order valence-corrected chi connectivity index (χ0v) is 12.9. The van der Waals surface area contributed by atoms with Crippen LogP contribution in [0.15, 0.2) is 22.7 Å². The summed E-state index contributed by atoms with van der Waals surface area (Å²) >= 11 is 3.28. The third kappa shape index (κ3) is 3.14. The predicted molar refractivity (Wildman–Crippen MR) is 82.9 cm³/mol. The molecule has 2 aliphatic carbocycles. The maximum absolute atomic E-state index is 10.8. The van der Waals surface area contributed by atoms with Crippen molar-refractivity contribution in [2.24, 2.45) is 11.8 Å². The molecule has 108 valence electrons. The minimum absolute atomic E-state index is 0.120. The molecular formula is C15H19BrN2O2. The van der Waals surface area contributed by atoms with Gasteiger partial charge >= 0.3 is 0 Å². The largest absolute Gasteiger partial charge is 0.382 e. The number of rotatable bonds is 4. The molecule has 3 rings (SSSR count). The lowest BCUT2D eigenvalue weighted by Gasteiger charge is -2.30. The number of nitrogens with zero attached hydrogens (tertiary/aromatic N) is 1. The van der Waals surface area contributed by atoms with Gasteiger partial charge in [0.2, 0.25) is 0 Å². The maximum atomic E-state index is 10.8. The normalized spacial score (nSPS) is 26.2. The van der Waals surface area contributed by atoms with E-state index in [1.54, 1.807) is 6.07 Å². The molecule has 0 amide bonds. The lowest BCUT2D eigenvalue weighted by atomic mass is 9.82. The number of nitro benzene ring substituents is 1. The molecule has 1 N–H and O–H groups in total. The Labute approximate surface area is 127 Å². The lowest BCUT2D eigenvalue weighted by Crippen LogP contribution is -2.28. The molecule has 2 fully saturated rings. The second kappa shape index (κ2) is 5.72. The Hall–Kier alpha value is -1.10. The number of halogens is 1. The molecule has 0 aromatic heterocycles. The van der Waals surface area contributed by atoms with Gasteiger partial charge in [-0.05, 0) is 65.6 Å². The first-order valence-electron chi connectivity index (χ1n) is 7.34. The van der Waals surface area contributed by atoms with Crippen molar-refractivity contribution in [3.8, 4) is 0 Å². The molecule has 1 aromatic rings. The molecule has 2 unspecified atom stereocenters. The molecule has 0 heterocycles. The van der Waals surface area contributed by atoms with Gasteiger partial charge in [-0.3, -0.25) is 10.1 Å². The van der Waals surface area contributed by atoms with Gasteiger partial charge in [-0.2, -0.15) is 0 Å². The van der Waals surface area contributed by atoms with Crippen molar-refractivity contribution in [2.45, 2.75) is 44.6 Å². The van der Waals surface area contributed by atoms with E-state index in [0.29, 0.717) is 10.5 Å². The Morgan fingerprint density at radius 1 is 1.20 bits per heavy atom. The summed E-state index contributed by atoms with van der Waals surface area (Å²) < 4.78 is 0.544. The smallest absolute Gasteiger partial charge is 0.283 e. The molecule has 2 aliphatic rings. The van der Waals surface area contributed by atoms with E-state index in [-0.39, 0.29) is 10.6 Å². The second-order valence-corrected chi connectivity index (χ2v) is 6.88. The number of anilines is 1. The lowest BCUT2D eigenvalue weighted by molar-refractivity contribution is -0.385. The zero-order chi connectivity index (χ0) is 14.1. The Balaban J connectivity index is 1.64. The Morgan fingerprint density at radius 2 is 2.00 bits per heavy atom. The van der Waals surface area contributed by atoms with E-state index in [1.165, 1.54) is 38.5 Å². The monoisotopic (exact) mass is 338 g/mol. The number of nitrogens with one attached hydrogen (secondary N) is 1. The van der Waals surface area contributed by atoms with Gasteiger partial charge < -0.3 is 5.32 Å². The average molecular weight is 339 g/mol. The first-order valence-corrected chi connectivity index (χ1v) is 8.13. The fourth-order valence-electron chi connectivity index (χ4n) is 3.33. The molecule has 4 nitrogen and oxygen atoms in total. The number of hydrogen-bond acceptors (Lipinski definition) is 3. The topological polar surface area (TPSA) is 55.2 Å². The summed E-state index contributed by atoms with van der Waals surface area (Å²) in [5.41, 5.74) is 1.10. The van der Waals surface area contributed by atoms with Crippen LogP contribution in [0.4, 0.5) is 11.4 Å². The van der Waals surface area contributed by atoms with Crippen LogP contribution in [-0.4, -0.2) is 11.0 Å². The van der Waals surface area contributed by atoms with Crippen LogP contribution in [0.1, 0.15) is 38.5 Å². The van der Waals surface area contributed by atoms with Gasteiger partial charge in [0, 0.05) is 17.8 Å². The van der Waals surface area contributed by atoms with Gasteiger partial charge in [0.1, 0.15) is 0 Å². The summed E-state index contributed by atoms with van der Waals surface area (Å²) in [5, 5.41) is 14.4. The predicted octanol–water partition coefficient (Wildman–Crippen LogP) is 4.74. The van der Waals surface area contributed by atoms with Crippen LogP contribution in [0, 0.1) is 22.0 Å². The highest BCUT2D eigenvalue weighted by atomic mass is 79.9. The summed E-state index contributed by atoms with van der Waals surface area (Å²) in [6, 6.07) is 5.71. The van der Waals surface area contributed by atoms with Crippen molar-refractivity contribution in [3.05, 3.63) is 32.8 Å². The van der Waals surface area contributed by atoms with Gasteiger partial charge in [-0.25, -0.2) is 0 Å². The quantitative estimate of drug-likeness (QED) is 0.637. The van der Waals surface area contributed by atoms with Crippen LogP contribution in [0.2, 0.25) is 0 Å². The SMILES string of the molecule is O=[N+]([O-])c1ccc(NC2CCCC(C3CC3)C2)cc1Br. The van der Waals surface area contributed by atoms with Gasteiger partial charge in [-0.1, -0.05) is 12.8 Å². The highest BCUT2D eigenvalue weighted by Crippen LogP contribution is 2.44. The van der Waals surface area contributed by atoms with Gasteiger partial charge in [0.15, 0.2) is 0 Å². The first kappa shape index (κ1) is 13.9. The summed E-state index contributed by atoms with van der Waals surface area (Å²) in [6.45, 7) is 0. The standard InChI is InChI=1S/C15H19BrN2O2/c16-14-9-13(6-7-15(14)18(19)20)17-12-3-1-2-11(8-12)10-4-5-10/h6-7,9-12,17H,1-5,8H2. The summed E-state index contributed by atoms with van der Waals surface area (Å²) in [5.74, 6) is 1.87.